The summed E-state index contributed by atoms with van der Waals surface area (Å²) < 4.78 is 0. The van der Waals surface area contributed by atoms with Crippen LogP contribution in [-0.2, 0) is 6.54 Å². The second-order valence-corrected chi connectivity index (χ2v) is 6.25. The van der Waals surface area contributed by atoms with Crippen LogP contribution in [0.5, 0.6) is 0 Å². The molecule has 3 rings (SSSR count). The molecular formula is C19H25N. The van der Waals surface area contributed by atoms with E-state index in [9.17, 15) is 0 Å². The third kappa shape index (κ3) is 3.21. The minimum atomic E-state index is 0.641. The summed E-state index contributed by atoms with van der Waals surface area (Å²) in [4.78, 5) is 0. The summed E-state index contributed by atoms with van der Waals surface area (Å²) in [5.41, 5.74) is 1.39. The second-order valence-electron chi connectivity index (χ2n) is 6.25. The SMILES string of the molecule is C[C@@H](NCc1ccc2ccccc2c1)C1CCCCC1. The van der Waals surface area contributed by atoms with Gasteiger partial charge in [-0.2, -0.15) is 0 Å². The molecule has 0 unspecified atom stereocenters. The standard InChI is InChI=1S/C19H25N/c1-15(17-7-3-2-4-8-17)20-14-16-11-12-18-9-5-6-10-19(18)13-16/h5-6,9-13,15,17,20H,2-4,7-8,14H2,1H3/t15-/m1/s1. The van der Waals surface area contributed by atoms with Gasteiger partial charge in [-0.3, -0.25) is 0 Å². The Morgan fingerprint density at radius 2 is 1.75 bits per heavy atom. The first-order valence-corrected chi connectivity index (χ1v) is 8.04. The zero-order valence-electron chi connectivity index (χ0n) is 12.4. The normalized spacial score (nSPS) is 18.2. The maximum absolute atomic E-state index is 3.73. The zero-order valence-corrected chi connectivity index (χ0v) is 12.4. The molecule has 20 heavy (non-hydrogen) atoms. The number of benzene rings is 2. The predicted octanol–water partition coefficient (Wildman–Crippen LogP) is 4.90. The molecule has 1 aliphatic rings. The fourth-order valence-electron chi connectivity index (χ4n) is 3.43. The van der Waals surface area contributed by atoms with Crippen molar-refractivity contribution in [3.63, 3.8) is 0 Å². The Balaban J connectivity index is 1.61. The highest BCUT2D eigenvalue weighted by Gasteiger charge is 2.19. The summed E-state index contributed by atoms with van der Waals surface area (Å²) in [5, 5.41) is 6.41. The van der Waals surface area contributed by atoms with E-state index in [1.165, 1.54) is 48.4 Å². The van der Waals surface area contributed by atoms with Crippen molar-refractivity contribution in [1.29, 1.82) is 0 Å². The van der Waals surface area contributed by atoms with Gasteiger partial charge in [0.1, 0.15) is 0 Å². The summed E-state index contributed by atoms with van der Waals surface area (Å²) >= 11 is 0. The molecule has 0 spiro atoms. The molecule has 1 N–H and O–H groups in total. The van der Waals surface area contributed by atoms with Crippen LogP contribution < -0.4 is 5.32 Å². The van der Waals surface area contributed by atoms with E-state index < -0.39 is 0 Å². The Morgan fingerprint density at radius 3 is 2.55 bits per heavy atom. The molecule has 0 heterocycles. The molecule has 0 radical (unpaired) electrons. The van der Waals surface area contributed by atoms with Gasteiger partial charge in [0.25, 0.3) is 0 Å². The van der Waals surface area contributed by atoms with Crippen molar-refractivity contribution in [1.82, 2.24) is 5.32 Å². The van der Waals surface area contributed by atoms with Gasteiger partial charge in [-0.15, -0.1) is 0 Å². The van der Waals surface area contributed by atoms with E-state index in [1.54, 1.807) is 0 Å². The van der Waals surface area contributed by atoms with E-state index >= 15 is 0 Å². The van der Waals surface area contributed by atoms with Gasteiger partial charge in [0.15, 0.2) is 0 Å². The summed E-state index contributed by atoms with van der Waals surface area (Å²) in [6, 6.07) is 16.0. The third-order valence-corrected chi connectivity index (χ3v) is 4.80. The van der Waals surface area contributed by atoms with Crippen LogP contribution in [0.4, 0.5) is 0 Å². The molecule has 1 nitrogen and oxygen atoms in total. The van der Waals surface area contributed by atoms with Gasteiger partial charge in [-0.05, 0) is 48.1 Å². The van der Waals surface area contributed by atoms with Gasteiger partial charge in [0, 0.05) is 12.6 Å². The molecule has 1 atom stereocenters. The van der Waals surface area contributed by atoms with Crippen molar-refractivity contribution in [2.75, 3.05) is 0 Å². The number of nitrogens with one attached hydrogen (secondary N) is 1. The van der Waals surface area contributed by atoms with Gasteiger partial charge in [-0.25, -0.2) is 0 Å². The third-order valence-electron chi connectivity index (χ3n) is 4.80. The minimum absolute atomic E-state index is 0.641. The lowest BCUT2D eigenvalue weighted by atomic mass is 9.84. The van der Waals surface area contributed by atoms with Gasteiger partial charge < -0.3 is 5.32 Å². The van der Waals surface area contributed by atoms with Crippen LogP contribution in [0.1, 0.15) is 44.6 Å². The smallest absolute Gasteiger partial charge is 0.0208 e. The van der Waals surface area contributed by atoms with Gasteiger partial charge in [0.05, 0.1) is 0 Å². The Labute approximate surface area is 122 Å². The van der Waals surface area contributed by atoms with Crippen LogP contribution in [-0.4, -0.2) is 6.04 Å². The van der Waals surface area contributed by atoms with Gasteiger partial charge in [-0.1, -0.05) is 55.7 Å². The number of rotatable bonds is 4. The Morgan fingerprint density at radius 1 is 1.00 bits per heavy atom. The van der Waals surface area contributed by atoms with Crippen molar-refractivity contribution in [3.8, 4) is 0 Å². The molecule has 0 bridgehead atoms. The maximum atomic E-state index is 3.73. The van der Waals surface area contributed by atoms with E-state index in [2.05, 4.69) is 54.7 Å². The first-order chi connectivity index (χ1) is 9.83. The molecule has 0 amide bonds. The molecule has 1 heteroatoms. The molecule has 1 fully saturated rings. The van der Waals surface area contributed by atoms with Crippen molar-refractivity contribution < 1.29 is 0 Å². The molecule has 2 aromatic carbocycles. The lowest BCUT2D eigenvalue weighted by Gasteiger charge is -2.28. The van der Waals surface area contributed by atoms with Gasteiger partial charge >= 0.3 is 0 Å². The van der Waals surface area contributed by atoms with Crippen molar-refractivity contribution in [2.45, 2.75) is 51.6 Å². The quantitative estimate of drug-likeness (QED) is 0.831. The summed E-state index contributed by atoms with van der Waals surface area (Å²) in [7, 11) is 0. The molecule has 2 aromatic rings. The predicted molar refractivity (Wildman–Crippen MR) is 86.8 cm³/mol. The van der Waals surface area contributed by atoms with Crippen molar-refractivity contribution in [2.24, 2.45) is 5.92 Å². The molecule has 0 saturated heterocycles. The Hall–Kier alpha value is -1.34. The Kier molecular flexibility index (Phi) is 4.37. The largest absolute Gasteiger partial charge is 0.310 e. The van der Waals surface area contributed by atoms with E-state index in [4.69, 9.17) is 0 Å². The van der Waals surface area contributed by atoms with E-state index in [0.29, 0.717) is 6.04 Å². The number of hydrogen-bond donors (Lipinski definition) is 1. The average molecular weight is 267 g/mol. The van der Waals surface area contributed by atoms with Crippen LogP contribution in [0.2, 0.25) is 0 Å². The molecule has 1 saturated carbocycles. The highest BCUT2D eigenvalue weighted by Crippen LogP contribution is 2.26. The fraction of sp³-hybridized carbons (Fsp3) is 0.474. The van der Waals surface area contributed by atoms with Crippen LogP contribution in [0, 0.1) is 5.92 Å². The van der Waals surface area contributed by atoms with E-state index in [1.807, 2.05) is 0 Å². The van der Waals surface area contributed by atoms with E-state index in [0.717, 1.165) is 12.5 Å². The number of fused-ring (bicyclic) bond motifs is 1. The van der Waals surface area contributed by atoms with Crippen LogP contribution in [0.15, 0.2) is 42.5 Å². The topological polar surface area (TPSA) is 12.0 Å². The summed E-state index contributed by atoms with van der Waals surface area (Å²) in [6.07, 6.45) is 7.10. The lowest BCUT2D eigenvalue weighted by molar-refractivity contribution is 0.280. The van der Waals surface area contributed by atoms with Crippen molar-refractivity contribution in [3.05, 3.63) is 48.0 Å². The molecule has 106 valence electrons. The van der Waals surface area contributed by atoms with Crippen LogP contribution in [0.3, 0.4) is 0 Å². The first kappa shape index (κ1) is 13.6. The average Bonchev–Trinajstić information content (AvgIpc) is 2.53. The zero-order chi connectivity index (χ0) is 13.8. The molecular weight excluding hydrogens is 242 g/mol. The minimum Gasteiger partial charge on any atom is -0.310 e. The summed E-state index contributed by atoms with van der Waals surface area (Å²) in [5.74, 6) is 0.879. The molecule has 1 aliphatic carbocycles. The fourth-order valence-corrected chi connectivity index (χ4v) is 3.43. The van der Waals surface area contributed by atoms with Crippen molar-refractivity contribution >= 4 is 10.8 Å². The number of hydrogen-bond acceptors (Lipinski definition) is 1. The first-order valence-electron chi connectivity index (χ1n) is 8.04. The summed E-state index contributed by atoms with van der Waals surface area (Å²) in [6.45, 7) is 3.35. The van der Waals surface area contributed by atoms with E-state index in [-0.39, 0.29) is 0 Å². The van der Waals surface area contributed by atoms with Crippen LogP contribution in [0.25, 0.3) is 10.8 Å². The van der Waals surface area contributed by atoms with Crippen LogP contribution >= 0.6 is 0 Å². The second kappa shape index (κ2) is 6.41. The highest BCUT2D eigenvalue weighted by molar-refractivity contribution is 5.82. The highest BCUT2D eigenvalue weighted by atomic mass is 14.9. The van der Waals surface area contributed by atoms with Gasteiger partial charge in [0.2, 0.25) is 0 Å². The monoisotopic (exact) mass is 267 g/mol. The maximum Gasteiger partial charge on any atom is 0.0208 e. The molecule has 0 aromatic heterocycles. The molecule has 0 aliphatic heterocycles. The lowest BCUT2D eigenvalue weighted by Crippen LogP contribution is -2.34. The Bertz CT molecular complexity index is 554.